The van der Waals surface area contributed by atoms with E-state index in [2.05, 4.69) is 5.32 Å². The number of nitrogens with one attached hydrogen (secondary N) is 1. The number of nitro benzene ring substituents is 1. The number of non-ortho nitro benzene ring substituents is 1. The van der Waals surface area contributed by atoms with Crippen LogP contribution in [0.2, 0.25) is 0 Å². The lowest BCUT2D eigenvalue weighted by Crippen LogP contribution is -2.21. The predicted molar refractivity (Wildman–Crippen MR) is 69.2 cm³/mol. The van der Waals surface area contributed by atoms with Gasteiger partial charge in [0.15, 0.2) is 0 Å². The highest BCUT2D eigenvalue weighted by Crippen LogP contribution is 2.17. The van der Waals surface area contributed by atoms with Crippen molar-refractivity contribution in [1.29, 1.82) is 0 Å². The lowest BCUT2D eigenvalue weighted by molar-refractivity contribution is -0.384. The number of carbonyl (C=O) groups excluding carboxylic acids is 1. The van der Waals surface area contributed by atoms with Crippen LogP contribution in [-0.2, 0) is 4.79 Å². The molecule has 3 N–H and O–H groups in total. The summed E-state index contributed by atoms with van der Waals surface area (Å²) in [7, 11) is 0. The zero-order valence-corrected chi connectivity index (χ0v) is 10.3. The second kappa shape index (κ2) is 6.70. The van der Waals surface area contributed by atoms with Crippen molar-refractivity contribution in [1.82, 2.24) is 0 Å². The highest BCUT2D eigenvalue weighted by molar-refractivity contribution is 5.91. The van der Waals surface area contributed by atoms with Crippen molar-refractivity contribution in [3.63, 3.8) is 0 Å². The van der Waals surface area contributed by atoms with E-state index in [1.807, 2.05) is 6.92 Å². The van der Waals surface area contributed by atoms with E-state index in [9.17, 15) is 14.9 Å². The maximum absolute atomic E-state index is 11.7. The Morgan fingerprint density at radius 2 is 2.28 bits per heavy atom. The second-order valence-corrected chi connectivity index (χ2v) is 4.07. The van der Waals surface area contributed by atoms with Crippen molar-refractivity contribution in [2.45, 2.75) is 19.8 Å². The number of nitrogens with two attached hydrogens (primary N) is 1. The van der Waals surface area contributed by atoms with Gasteiger partial charge in [-0.25, -0.2) is 0 Å². The molecule has 0 aromatic heterocycles. The van der Waals surface area contributed by atoms with Gasteiger partial charge in [-0.2, -0.15) is 0 Å². The molecule has 1 unspecified atom stereocenters. The Morgan fingerprint density at radius 1 is 1.56 bits per heavy atom. The average molecular weight is 251 g/mol. The van der Waals surface area contributed by atoms with Crippen LogP contribution in [0.15, 0.2) is 24.3 Å². The number of carbonyl (C=O) groups is 1. The van der Waals surface area contributed by atoms with Crippen molar-refractivity contribution < 1.29 is 9.72 Å². The lowest BCUT2D eigenvalue weighted by Gasteiger charge is -2.11. The van der Waals surface area contributed by atoms with Crippen molar-refractivity contribution in [3.05, 3.63) is 34.4 Å². The Hall–Kier alpha value is -1.95. The molecular weight excluding hydrogens is 234 g/mol. The lowest BCUT2D eigenvalue weighted by atomic mass is 10.0. The number of anilines is 1. The third-order valence-electron chi connectivity index (χ3n) is 2.73. The summed E-state index contributed by atoms with van der Waals surface area (Å²) in [6.07, 6.45) is 1.16. The molecule has 0 spiro atoms. The van der Waals surface area contributed by atoms with Crippen LogP contribution in [-0.4, -0.2) is 17.4 Å². The number of benzene rings is 1. The van der Waals surface area contributed by atoms with Gasteiger partial charge in [0.2, 0.25) is 5.91 Å². The van der Waals surface area contributed by atoms with Crippen LogP contribution in [0.5, 0.6) is 0 Å². The number of hydrogen-bond donors (Lipinski definition) is 2. The maximum atomic E-state index is 11.7. The molecule has 0 aliphatic rings. The van der Waals surface area contributed by atoms with Crippen LogP contribution in [0, 0.1) is 16.0 Å². The molecule has 0 radical (unpaired) electrons. The third kappa shape index (κ3) is 4.14. The molecule has 98 valence electrons. The van der Waals surface area contributed by atoms with Gasteiger partial charge in [0.25, 0.3) is 5.69 Å². The molecule has 0 saturated carbocycles. The van der Waals surface area contributed by atoms with Gasteiger partial charge in [0.1, 0.15) is 0 Å². The molecule has 0 heterocycles. The van der Waals surface area contributed by atoms with E-state index in [0.29, 0.717) is 18.7 Å². The van der Waals surface area contributed by atoms with E-state index >= 15 is 0 Å². The van der Waals surface area contributed by atoms with Gasteiger partial charge >= 0.3 is 0 Å². The molecule has 1 rings (SSSR count). The molecule has 0 aliphatic carbocycles. The summed E-state index contributed by atoms with van der Waals surface area (Å²) in [5.74, 6) is -0.0310. The topological polar surface area (TPSA) is 98.3 Å². The van der Waals surface area contributed by atoms with Crippen LogP contribution >= 0.6 is 0 Å². The molecule has 18 heavy (non-hydrogen) atoms. The minimum Gasteiger partial charge on any atom is -0.330 e. The second-order valence-electron chi connectivity index (χ2n) is 4.07. The fraction of sp³-hybridized carbons (Fsp3) is 0.417. The third-order valence-corrected chi connectivity index (χ3v) is 2.73. The van der Waals surface area contributed by atoms with Crippen LogP contribution in [0.3, 0.4) is 0 Å². The number of nitrogens with zero attached hydrogens (tertiary/aromatic N) is 1. The van der Waals surface area contributed by atoms with E-state index in [1.165, 1.54) is 18.2 Å². The molecule has 0 bridgehead atoms. The van der Waals surface area contributed by atoms with E-state index in [1.54, 1.807) is 6.07 Å². The minimum atomic E-state index is -0.496. The van der Waals surface area contributed by atoms with E-state index in [4.69, 9.17) is 5.73 Å². The fourth-order valence-corrected chi connectivity index (χ4v) is 1.57. The largest absolute Gasteiger partial charge is 0.330 e. The van der Waals surface area contributed by atoms with E-state index in [-0.39, 0.29) is 17.5 Å². The van der Waals surface area contributed by atoms with E-state index < -0.39 is 4.92 Å². The monoisotopic (exact) mass is 251 g/mol. The summed E-state index contributed by atoms with van der Waals surface area (Å²) >= 11 is 0. The summed E-state index contributed by atoms with van der Waals surface area (Å²) in [6, 6.07) is 5.87. The van der Waals surface area contributed by atoms with Crippen molar-refractivity contribution in [2.24, 2.45) is 11.7 Å². The van der Waals surface area contributed by atoms with Gasteiger partial charge in [0.05, 0.1) is 4.92 Å². The van der Waals surface area contributed by atoms with Crippen LogP contribution in [0.25, 0.3) is 0 Å². The first-order valence-electron chi connectivity index (χ1n) is 5.81. The predicted octanol–water partition coefficient (Wildman–Crippen LogP) is 1.91. The smallest absolute Gasteiger partial charge is 0.271 e. The molecule has 6 nitrogen and oxygen atoms in total. The van der Waals surface area contributed by atoms with Gasteiger partial charge in [-0.15, -0.1) is 0 Å². The summed E-state index contributed by atoms with van der Waals surface area (Å²) in [5.41, 5.74) is 5.91. The Balaban J connectivity index is 2.64. The van der Waals surface area contributed by atoms with E-state index in [0.717, 1.165) is 6.42 Å². The van der Waals surface area contributed by atoms with Gasteiger partial charge in [-0.1, -0.05) is 19.4 Å². The SMILES string of the molecule is CCC(CN)CC(=O)Nc1cccc([N+](=O)[O-])c1. The Labute approximate surface area is 105 Å². The first kappa shape index (κ1) is 14.1. The number of rotatable bonds is 6. The van der Waals surface area contributed by atoms with Gasteiger partial charge in [-0.05, 0) is 18.5 Å². The number of nitro groups is 1. The molecule has 1 aromatic rings. The summed E-state index contributed by atoms with van der Waals surface area (Å²) < 4.78 is 0. The van der Waals surface area contributed by atoms with Crippen LogP contribution in [0.1, 0.15) is 19.8 Å². The molecule has 1 aromatic carbocycles. The highest BCUT2D eigenvalue weighted by atomic mass is 16.6. The molecule has 1 atom stereocenters. The van der Waals surface area contributed by atoms with Crippen molar-refractivity contribution >= 4 is 17.3 Å². The fourth-order valence-electron chi connectivity index (χ4n) is 1.57. The van der Waals surface area contributed by atoms with Crippen molar-refractivity contribution in [3.8, 4) is 0 Å². The zero-order valence-electron chi connectivity index (χ0n) is 10.3. The Morgan fingerprint density at radius 3 is 2.83 bits per heavy atom. The first-order chi connectivity index (χ1) is 8.56. The summed E-state index contributed by atoms with van der Waals surface area (Å²) in [5, 5.41) is 13.2. The number of amides is 1. The molecule has 0 fully saturated rings. The zero-order chi connectivity index (χ0) is 13.5. The molecule has 1 amide bonds. The normalized spacial score (nSPS) is 11.9. The summed E-state index contributed by atoms with van der Waals surface area (Å²) in [6.45, 7) is 2.43. The number of hydrogen-bond acceptors (Lipinski definition) is 4. The molecule has 6 heteroatoms. The average Bonchev–Trinajstić information content (AvgIpc) is 2.36. The quantitative estimate of drug-likeness (QED) is 0.596. The standard InChI is InChI=1S/C12H17N3O3/c1-2-9(8-13)6-12(16)14-10-4-3-5-11(7-10)15(17)18/h3-5,7,9H,2,6,8,13H2,1H3,(H,14,16). The van der Waals surface area contributed by atoms with Gasteiger partial charge in [0, 0.05) is 24.2 Å². The van der Waals surface area contributed by atoms with Crippen LogP contribution in [0.4, 0.5) is 11.4 Å². The molecular formula is C12H17N3O3. The molecule has 0 aliphatic heterocycles. The Kier molecular flexibility index (Phi) is 5.26. The maximum Gasteiger partial charge on any atom is 0.271 e. The van der Waals surface area contributed by atoms with Gasteiger partial charge in [-0.3, -0.25) is 14.9 Å². The minimum absolute atomic E-state index is 0.0429. The highest BCUT2D eigenvalue weighted by Gasteiger charge is 2.12. The van der Waals surface area contributed by atoms with Crippen molar-refractivity contribution in [2.75, 3.05) is 11.9 Å². The first-order valence-corrected chi connectivity index (χ1v) is 5.81. The van der Waals surface area contributed by atoms with Crippen LogP contribution < -0.4 is 11.1 Å². The Bertz CT molecular complexity index is 430. The molecule has 0 saturated heterocycles. The summed E-state index contributed by atoms with van der Waals surface area (Å²) in [4.78, 5) is 21.8. The van der Waals surface area contributed by atoms with Gasteiger partial charge < -0.3 is 11.1 Å².